The SMILES string of the molecule is [2H]c1ccc2c3ccncc3c3ccncc3c2c1. The summed E-state index contributed by atoms with van der Waals surface area (Å²) in [5, 5.41) is 6.74. The minimum atomic E-state index is 0.519. The van der Waals surface area contributed by atoms with E-state index in [4.69, 9.17) is 1.37 Å². The fourth-order valence-electron chi connectivity index (χ4n) is 2.58. The van der Waals surface area contributed by atoms with Crippen LogP contribution in [0.5, 0.6) is 0 Å². The maximum absolute atomic E-state index is 7.83. The monoisotopic (exact) mass is 231 g/mol. The molecule has 0 saturated heterocycles. The fourth-order valence-corrected chi connectivity index (χ4v) is 2.58. The second-order valence-corrected chi connectivity index (χ2v) is 4.31. The number of hydrogen-bond acceptors (Lipinski definition) is 2. The van der Waals surface area contributed by atoms with E-state index in [-0.39, 0.29) is 0 Å². The molecule has 84 valence electrons. The molecule has 4 rings (SSSR count). The van der Waals surface area contributed by atoms with Crippen molar-refractivity contribution in [3.63, 3.8) is 0 Å². The Bertz CT molecular complexity index is 896. The average Bonchev–Trinajstić information content (AvgIpc) is 2.47. The Labute approximate surface area is 105 Å². The Morgan fingerprint density at radius 1 is 0.667 bits per heavy atom. The molecule has 0 bridgehead atoms. The summed E-state index contributed by atoms with van der Waals surface area (Å²) >= 11 is 0. The highest BCUT2D eigenvalue weighted by Gasteiger charge is 2.07. The van der Waals surface area contributed by atoms with Crippen molar-refractivity contribution in [3.8, 4) is 0 Å². The van der Waals surface area contributed by atoms with Gasteiger partial charge in [0.2, 0.25) is 0 Å². The standard InChI is InChI=1S/C16H10N2/c1-2-4-12-11(3-1)13-5-7-17-10-16(13)14-6-8-18-9-15(12)14/h1-10H/i2D. The summed E-state index contributed by atoms with van der Waals surface area (Å²) in [6.45, 7) is 0. The van der Waals surface area contributed by atoms with Gasteiger partial charge in [0.15, 0.2) is 0 Å². The molecule has 2 aromatic heterocycles. The van der Waals surface area contributed by atoms with Crippen LogP contribution in [0, 0.1) is 0 Å². The molecule has 0 aliphatic rings. The Morgan fingerprint density at radius 2 is 1.22 bits per heavy atom. The van der Waals surface area contributed by atoms with Gasteiger partial charge in [-0.25, -0.2) is 0 Å². The van der Waals surface area contributed by atoms with E-state index in [1.165, 1.54) is 5.39 Å². The van der Waals surface area contributed by atoms with Crippen molar-refractivity contribution < 1.29 is 1.37 Å². The van der Waals surface area contributed by atoms with E-state index in [1.807, 2.05) is 48.9 Å². The van der Waals surface area contributed by atoms with Gasteiger partial charge in [-0.3, -0.25) is 9.97 Å². The maximum Gasteiger partial charge on any atom is 0.0623 e. The summed E-state index contributed by atoms with van der Waals surface area (Å²) in [6, 6.07) is 10.3. The first-order valence-corrected chi connectivity index (χ1v) is 5.84. The zero-order valence-electron chi connectivity index (χ0n) is 10.6. The Morgan fingerprint density at radius 3 is 1.94 bits per heavy atom. The molecule has 0 aliphatic carbocycles. The summed E-state index contributed by atoms with van der Waals surface area (Å²) in [5.74, 6) is 0. The van der Waals surface area contributed by atoms with Gasteiger partial charge in [0.25, 0.3) is 0 Å². The number of hydrogen-bond donors (Lipinski definition) is 0. The number of rotatable bonds is 0. The highest BCUT2D eigenvalue weighted by molar-refractivity contribution is 6.24. The molecule has 0 spiro atoms. The van der Waals surface area contributed by atoms with Gasteiger partial charge in [0.05, 0.1) is 1.37 Å². The predicted molar refractivity (Wildman–Crippen MR) is 74.6 cm³/mol. The van der Waals surface area contributed by atoms with Crippen LogP contribution in [-0.2, 0) is 0 Å². The lowest BCUT2D eigenvalue weighted by molar-refractivity contribution is 1.36. The minimum Gasteiger partial charge on any atom is -0.264 e. The third-order valence-electron chi connectivity index (χ3n) is 3.38. The molecular formula is C16H10N2. The van der Waals surface area contributed by atoms with Gasteiger partial charge in [-0.1, -0.05) is 24.2 Å². The molecule has 0 radical (unpaired) electrons. The molecule has 2 heteroatoms. The average molecular weight is 231 g/mol. The predicted octanol–water partition coefficient (Wildman–Crippen LogP) is 3.94. The van der Waals surface area contributed by atoms with Crippen molar-refractivity contribution in [1.82, 2.24) is 9.97 Å². The third kappa shape index (κ3) is 1.17. The van der Waals surface area contributed by atoms with E-state index in [9.17, 15) is 0 Å². The summed E-state index contributed by atoms with van der Waals surface area (Å²) < 4.78 is 7.83. The second kappa shape index (κ2) is 3.50. The van der Waals surface area contributed by atoms with Gasteiger partial charge >= 0.3 is 0 Å². The lowest BCUT2D eigenvalue weighted by Crippen LogP contribution is -1.84. The Hall–Kier alpha value is -2.48. The van der Waals surface area contributed by atoms with Gasteiger partial charge in [0, 0.05) is 35.6 Å². The molecule has 0 saturated carbocycles. The van der Waals surface area contributed by atoms with Crippen LogP contribution in [-0.4, -0.2) is 9.97 Å². The maximum atomic E-state index is 7.83. The molecule has 0 fully saturated rings. The van der Waals surface area contributed by atoms with E-state index in [0.717, 1.165) is 26.9 Å². The van der Waals surface area contributed by atoms with Gasteiger partial charge in [-0.05, 0) is 33.7 Å². The van der Waals surface area contributed by atoms with Gasteiger partial charge in [-0.2, -0.15) is 0 Å². The van der Waals surface area contributed by atoms with Gasteiger partial charge in [0.1, 0.15) is 0 Å². The highest BCUT2D eigenvalue weighted by Crippen LogP contribution is 2.33. The van der Waals surface area contributed by atoms with Crippen molar-refractivity contribution >= 4 is 32.3 Å². The first-order chi connectivity index (χ1) is 9.34. The molecular weight excluding hydrogens is 220 g/mol. The lowest BCUT2D eigenvalue weighted by atomic mass is 9.97. The normalized spacial score (nSPS) is 12.1. The smallest absolute Gasteiger partial charge is 0.0623 e. The van der Waals surface area contributed by atoms with E-state index < -0.39 is 0 Å². The molecule has 0 unspecified atom stereocenters. The van der Waals surface area contributed by atoms with Crippen LogP contribution in [0.4, 0.5) is 0 Å². The van der Waals surface area contributed by atoms with Gasteiger partial charge < -0.3 is 0 Å². The summed E-state index contributed by atoms with van der Waals surface area (Å²) in [4.78, 5) is 8.45. The highest BCUT2D eigenvalue weighted by atomic mass is 14.6. The molecule has 0 amide bonds. The molecule has 0 N–H and O–H groups in total. The number of pyridine rings is 2. The minimum absolute atomic E-state index is 0.519. The largest absolute Gasteiger partial charge is 0.264 e. The van der Waals surface area contributed by atoms with Crippen molar-refractivity contribution in [2.45, 2.75) is 0 Å². The molecule has 0 atom stereocenters. The molecule has 2 nitrogen and oxygen atoms in total. The Kier molecular flexibility index (Phi) is 1.67. The summed E-state index contributed by atoms with van der Waals surface area (Å²) in [7, 11) is 0. The Balaban J connectivity index is 2.43. The number of benzene rings is 2. The lowest BCUT2D eigenvalue weighted by Gasteiger charge is -2.08. The van der Waals surface area contributed by atoms with Crippen LogP contribution in [0.1, 0.15) is 1.37 Å². The van der Waals surface area contributed by atoms with Crippen LogP contribution in [0.25, 0.3) is 32.3 Å². The number of fused-ring (bicyclic) bond motifs is 6. The zero-order valence-corrected chi connectivity index (χ0v) is 9.59. The van der Waals surface area contributed by atoms with Crippen LogP contribution in [0.2, 0.25) is 0 Å². The van der Waals surface area contributed by atoms with Crippen LogP contribution < -0.4 is 0 Å². The topological polar surface area (TPSA) is 25.8 Å². The molecule has 18 heavy (non-hydrogen) atoms. The first-order valence-electron chi connectivity index (χ1n) is 6.34. The summed E-state index contributed by atoms with van der Waals surface area (Å²) in [6.07, 6.45) is 7.36. The molecule has 4 aromatic rings. The third-order valence-corrected chi connectivity index (χ3v) is 3.38. The molecule has 0 aliphatic heterocycles. The summed E-state index contributed by atoms with van der Waals surface area (Å²) in [5.41, 5.74) is 0. The van der Waals surface area contributed by atoms with E-state index >= 15 is 0 Å². The van der Waals surface area contributed by atoms with Crippen LogP contribution in [0.3, 0.4) is 0 Å². The van der Waals surface area contributed by atoms with Crippen LogP contribution in [0.15, 0.2) is 61.2 Å². The fraction of sp³-hybridized carbons (Fsp3) is 0. The number of aromatic nitrogens is 2. The van der Waals surface area contributed by atoms with Crippen molar-refractivity contribution in [3.05, 3.63) is 61.2 Å². The van der Waals surface area contributed by atoms with Gasteiger partial charge in [-0.15, -0.1) is 0 Å². The van der Waals surface area contributed by atoms with Crippen molar-refractivity contribution in [2.75, 3.05) is 0 Å². The molecule has 2 aromatic carbocycles. The van der Waals surface area contributed by atoms with Crippen LogP contribution >= 0.6 is 0 Å². The number of nitrogens with zero attached hydrogens (tertiary/aromatic N) is 2. The van der Waals surface area contributed by atoms with E-state index in [1.54, 1.807) is 6.20 Å². The van der Waals surface area contributed by atoms with E-state index in [0.29, 0.717) is 6.04 Å². The van der Waals surface area contributed by atoms with E-state index in [2.05, 4.69) is 9.97 Å². The first kappa shape index (κ1) is 8.59. The molecule has 2 heterocycles. The quantitative estimate of drug-likeness (QED) is 0.428. The van der Waals surface area contributed by atoms with Crippen molar-refractivity contribution in [2.24, 2.45) is 0 Å². The van der Waals surface area contributed by atoms with Crippen molar-refractivity contribution in [1.29, 1.82) is 0 Å². The zero-order chi connectivity index (χ0) is 12.8. The second-order valence-electron chi connectivity index (χ2n) is 4.31.